The maximum Gasteiger partial charge on any atom is 0.0620 e. The summed E-state index contributed by atoms with van der Waals surface area (Å²) in [6.07, 6.45) is 1.14. The van der Waals surface area contributed by atoms with Crippen LogP contribution in [0.2, 0.25) is 0 Å². The molecule has 1 fully saturated rings. The number of rotatable bonds is 3. The Balaban J connectivity index is 1.88. The van der Waals surface area contributed by atoms with Gasteiger partial charge in [-0.05, 0) is 24.5 Å². The van der Waals surface area contributed by atoms with Gasteiger partial charge in [0.1, 0.15) is 0 Å². The molecule has 2 nitrogen and oxygen atoms in total. The molecule has 1 heterocycles. The minimum atomic E-state index is 0.551. The van der Waals surface area contributed by atoms with Crippen LogP contribution < -0.4 is 5.32 Å². The molecule has 0 aliphatic carbocycles. The van der Waals surface area contributed by atoms with Crippen LogP contribution in [-0.2, 0) is 11.3 Å². The summed E-state index contributed by atoms with van der Waals surface area (Å²) in [6, 6.07) is 9.06. The normalized spacial score (nSPS) is 21.4. The van der Waals surface area contributed by atoms with Crippen LogP contribution in [0.4, 0.5) is 0 Å². The number of benzene rings is 1. The fourth-order valence-corrected chi connectivity index (χ4v) is 1.76. The van der Waals surface area contributed by atoms with Crippen molar-refractivity contribution in [1.29, 1.82) is 0 Å². The van der Waals surface area contributed by atoms with Crippen molar-refractivity contribution in [2.75, 3.05) is 13.2 Å². The van der Waals surface area contributed by atoms with Gasteiger partial charge in [0.2, 0.25) is 0 Å². The highest BCUT2D eigenvalue weighted by Gasteiger charge is 2.14. The molecule has 0 saturated carbocycles. The number of ether oxygens (including phenoxy) is 1. The Morgan fingerprint density at radius 3 is 3.00 bits per heavy atom. The lowest BCUT2D eigenvalue weighted by molar-refractivity contribution is 0.190. The maximum absolute atomic E-state index is 5.31. The Labute approximate surface area is 85.3 Å². The van der Waals surface area contributed by atoms with E-state index in [0.29, 0.717) is 6.04 Å². The number of hydrogen-bond donors (Lipinski definition) is 1. The van der Waals surface area contributed by atoms with Crippen molar-refractivity contribution >= 4 is 0 Å². The van der Waals surface area contributed by atoms with E-state index in [9.17, 15) is 0 Å². The van der Waals surface area contributed by atoms with Crippen LogP contribution >= 0.6 is 0 Å². The van der Waals surface area contributed by atoms with Crippen molar-refractivity contribution < 1.29 is 4.74 Å². The molecule has 0 radical (unpaired) electrons. The zero-order valence-corrected chi connectivity index (χ0v) is 8.62. The molecule has 76 valence electrons. The first kappa shape index (κ1) is 9.69. The standard InChI is InChI=1S/C12H17NO/c1-10-4-2-3-5-11(10)8-13-12-6-7-14-9-12/h2-5,12-13H,6-9H2,1H3. The first-order valence-corrected chi connectivity index (χ1v) is 5.22. The van der Waals surface area contributed by atoms with Gasteiger partial charge in [-0.3, -0.25) is 0 Å². The van der Waals surface area contributed by atoms with E-state index in [-0.39, 0.29) is 0 Å². The van der Waals surface area contributed by atoms with E-state index in [4.69, 9.17) is 4.74 Å². The highest BCUT2D eigenvalue weighted by atomic mass is 16.5. The van der Waals surface area contributed by atoms with Crippen molar-refractivity contribution in [3.63, 3.8) is 0 Å². The predicted octanol–water partition coefficient (Wildman–Crippen LogP) is 1.87. The van der Waals surface area contributed by atoms with Crippen molar-refractivity contribution in [2.45, 2.75) is 25.9 Å². The quantitative estimate of drug-likeness (QED) is 0.787. The van der Waals surface area contributed by atoms with Crippen molar-refractivity contribution in [1.82, 2.24) is 5.32 Å². The van der Waals surface area contributed by atoms with Gasteiger partial charge in [0.05, 0.1) is 6.61 Å². The molecule has 1 aliphatic rings. The van der Waals surface area contributed by atoms with E-state index in [1.807, 2.05) is 0 Å². The number of nitrogens with one attached hydrogen (secondary N) is 1. The molecule has 0 bridgehead atoms. The SMILES string of the molecule is Cc1ccccc1CNC1CCOC1. The Morgan fingerprint density at radius 1 is 1.43 bits per heavy atom. The summed E-state index contributed by atoms with van der Waals surface area (Å²) in [7, 11) is 0. The molecule has 1 atom stereocenters. The van der Waals surface area contributed by atoms with Gasteiger partial charge in [0, 0.05) is 19.2 Å². The Bertz CT molecular complexity index is 292. The lowest BCUT2D eigenvalue weighted by Crippen LogP contribution is -2.28. The van der Waals surface area contributed by atoms with E-state index in [1.165, 1.54) is 11.1 Å². The second kappa shape index (κ2) is 4.58. The fraction of sp³-hybridized carbons (Fsp3) is 0.500. The minimum absolute atomic E-state index is 0.551. The van der Waals surface area contributed by atoms with Crippen LogP contribution in [0.5, 0.6) is 0 Å². The molecule has 1 aromatic carbocycles. The summed E-state index contributed by atoms with van der Waals surface area (Å²) in [4.78, 5) is 0. The summed E-state index contributed by atoms with van der Waals surface area (Å²) in [5, 5.41) is 3.51. The minimum Gasteiger partial charge on any atom is -0.380 e. The summed E-state index contributed by atoms with van der Waals surface area (Å²) >= 11 is 0. The van der Waals surface area contributed by atoms with Gasteiger partial charge in [-0.2, -0.15) is 0 Å². The zero-order valence-electron chi connectivity index (χ0n) is 8.62. The summed E-state index contributed by atoms with van der Waals surface area (Å²) in [5.41, 5.74) is 2.75. The zero-order chi connectivity index (χ0) is 9.80. The molecule has 0 aromatic heterocycles. The molecular weight excluding hydrogens is 174 g/mol. The fourth-order valence-electron chi connectivity index (χ4n) is 1.76. The second-order valence-electron chi connectivity index (χ2n) is 3.87. The van der Waals surface area contributed by atoms with Gasteiger partial charge in [0.15, 0.2) is 0 Å². The molecule has 0 amide bonds. The average molecular weight is 191 g/mol. The van der Waals surface area contributed by atoms with Crippen molar-refractivity contribution in [2.24, 2.45) is 0 Å². The van der Waals surface area contributed by atoms with E-state index in [0.717, 1.165) is 26.2 Å². The first-order chi connectivity index (χ1) is 6.86. The molecule has 1 saturated heterocycles. The number of aryl methyl sites for hydroxylation is 1. The third-order valence-electron chi connectivity index (χ3n) is 2.77. The van der Waals surface area contributed by atoms with E-state index in [2.05, 4.69) is 36.5 Å². The van der Waals surface area contributed by atoms with Crippen LogP contribution in [0.3, 0.4) is 0 Å². The molecule has 14 heavy (non-hydrogen) atoms. The third kappa shape index (κ3) is 2.34. The van der Waals surface area contributed by atoms with Crippen molar-refractivity contribution in [3.05, 3.63) is 35.4 Å². The Kier molecular flexibility index (Phi) is 3.17. The monoisotopic (exact) mass is 191 g/mol. The topological polar surface area (TPSA) is 21.3 Å². The van der Waals surface area contributed by atoms with Gasteiger partial charge in [-0.25, -0.2) is 0 Å². The lowest BCUT2D eigenvalue weighted by Gasteiger charge is -2.11. The molecule has 1 aliphatic heterocycles. The molecule has 1 N–H and O–H groups in total. The summed E-state index contributed by atoms with van der Waals surface area (Å²) in [6.45, 7) is 4.89. The van der Waals surface area contributed by atoms with Crippen LogP contribution in [0.25, 0.3) is 0 Å². The average Bonchev–Trinajstić information content (AvgIpc) is 2.69. The third-order valence-corrected chi connectivity index (χ3v) is 2.77. The van der Waals surface area contributed by atoms with Gasteiger partial charge < -0.3 is 10.1 Å². The van der Waals surface area contributed by atoms with Gasteiger partial charge >= 0.3 is 0 Å². The highest BCUT2D eigenvalue weighted by Crippen LogP contribution is 2.09. The summed E-state index contributed by atoms with van der Waals surface area (Å²) in [5.74, 6) is 0. The number of hydrogen-bond acceptors (Lipinski definition) is 2. The van der Waals surface area contributed by atoms with Gasteiger partial charge in [-0.1, -0.05) is 24.3 Å². The predicted molar refractivity (Wildman–Crippen MR) is 57.2 cm³/mol. The van der Waals surface area contributed by atoms with Crippen LogP contribution in [-0.4, -0.2) is 19.3 Å². The molecule has 2 heteroatoms. The molecule has 2 rings (SSSR count). The van der Waals surface area contributed by atoms with Gasteiger partial charge in [-0.15, -0.1) is 0 Å². The Hall–Kier alpha value is -0.860. The van der Waals surface area contributed by atoms with Gasteiger partial charge in [0.25, 0.3) is 0 Å². The summed E-state index contributed by atoms with van der Waals surface area (Å²) < 4.78 is 5.31. The van der Waals surface area contributed by atoms with Crippen LogP contribution in [0.15, 0.2) is 24.3 Å². The second-order valence-corrected chi connectivity index (χ2v) is 3.87. The van der Waals surface area contributed by atoms with E-state index < -0.39 is 0 Å². The molecular formula is C12H17NO. The van der Waals surface area contributed by atoms with Crippen LogP contribution in [0, 0.1) is 6.92 Å². The first-order valence-electron chi connectivity index (χ1n) is 5.22. The highest BCUT2D eigenvalue weighted by molar-refractivity contribution is 5.25. The molecule has 1 aromatic rings. The van der Waals surface area contributed by atoms with Crippen molar-refractivity contribution in [3.8, 4) is 0 Å². The molecule has 1 unspecified atom stereocenters. The van der Waals surface area contributed by atoms with Crippen LogP contribution in [0.1, 0.15) is 17.5 Å². The van der Waals surface area contributed by atoms with E-state index >= 15 is 0 Å². The smallest absolute Gasteiger partial charge is 0.0620 e. The largest absolute Gasteiger partial charge is 0.380 e. The van der Waals surface area contributed by atoms with E-state index in [1.54, 1.807) is 0 Å². The Morgan fingerprint density at radius 2 is 2.29 bits per heavy atom. The lowest BCUT2D eigenvalue weighted by atomic mass is 10.1. The molecule has 0 spiro atoms. The maximum atomic E-state index is 5.31.